The summed E-state index contributed by atoms with van der Waals surface area (Å²) in [4.78, 5) is 14.7. The van der Waals surface area contributed by atoms with Gasteiger partial charge in [-0.25, -0.2) is 4.79 Å². The van der Waals surface area contributed by atoms with E-state index in [1.165, 1.54) is 7.11 Å². The summed E-state index contributed by atoms with van der Waals surface area (Å²) in [6.45, 7) is 0.701. The Morgan fingerprint density at radius 3 is 3.00 bits per heavy atom. The Morgan fingerprint density at radius 2 is 2.55 bits per heavy atom. The lowest BCUT2D eigenvalue weighted by atomic mass is 10.2. The fourth-order valence-electron chi connectivity index (χ4n) is 0.822. The molecule has 0 saturated heterocycles. The molecule has 0 aromatic carbocycles. The molecule has 0 aromatic heterocycles. The maximum Gasteiger partial charge on any atom is 0.328 e. The van der Waals surface area contributed by atoms with Crippen LogP contribution in [0.2, 0.25) is 0 Å². The largest absolute Gasteiger partial charge is 0.467 e. The fraction of sp³-hybridized carbons (Fsp3) is 0.667. The predicted octanol–water partition coefficient (Wildman–Crippen LogP) is -0.0286. The molecule has 0 aliphatic carbocycles. The number of methoxy groups -OCH3 is 1. The van der Waals surface area contributed by atoms with Gasteiger partial charge in [0.15, 0.2) is 0 Å². The lowest BCUT2D eigenvalue weighted by molar-refractivity contribution is -0.142. The smallest absolute Gasteiger partial charge is 0.328 e. The number of hydrogen-bond acceptors (Lipinski definition) is 4. The highest BCUT2D eigenvalue weighted by molar-refractivity contribution is 5.85. The highest BCUT2D eigenvalue weighted by Crippen LogP contribution is 1.97. The predicted molar refractivity (Wildman–Crippen MR) is 44.2 cm³/mol. The lowest BCUT2D eigenvalue weighted by Crippen LogP contribution is -2.39. The van der Waals surface area contributed by atoms with Crippen LogP contribution in [0.5, 0.6) is 0 Å². The monoisotopic (exact) mass is 178 g/mol. The summed E-state index contributed by atoms with van der Waals surface area (Å²) in [5.41, 5.74) is 0. The average Bonchev–Trinajstić information content (AvgIpc) is 2.05. The van der Waals surface area contributed by atoms with E-state index < -0.39 is 0 Å². The molecular weight excluding hydrogens is 168 g/mol. The van der Waals surface area contributed by atoms with Crippen molar-refractivity contribution in [2.24, 2.45) is 4.99 Å². The summed E-state index contributed by atoms with van der Waals surface area (Å²) >= 11 is 0. The topological polar surface area (TPSA) is 50.7 Å². The van der Waals surface area contributed by atoms with Crippen molar-refractivity contribution in [1.29, 1.82) is 0 Å². The van der Waals surface area contributed by atoms with Crippen molar-refractivity contribution in [3.63, 3.8) is 0 Å². The Labute approximate surface area is 71.4 Å². The van der Waals surface area contributed by atoms with Gasteiger partial charge in [0.1, 0.15) is 6.04 Å². The van der Waals surface area contributed by atoms with E-state index in [9.17, 15) is 4.79 Å². The van der Waals surface area contributed by atoms with Crippen molar-refractivity contribution in [2.45, 2.75) is 12.5 Å². The van der Waals surface area contributed by atoms with Gasteiger partial charge in [-0.1, -0.05) is 0 Å². The quantitative estimate of drug-likeness (QED) is 0.574. The summed E-state index contributed by atoms with van der Waals surface area (Å²) in [5.74, 6) is -0.217. The Hall–Kier alpha value is -0.770. The highest BCUT2D eigenvalue weighted by Gasteiger charge is 2.18. The van der Waals surface area contributed by atoms with E-state index in [2.05, 4.69) is 15.0 Å². The first-order chi connectivity index (χ1) is 4.84. The van der Waals surface area contributed by atoms with Crippen LogP contribution < -0.4 is 5.32 Å². The highest BCUT2D eigenvalue weighted by atomic mass is 35.5. The lowest BCUT2D eigenvalue weighted by Gasteiger charge is -2.16. The van der Waals surface area contributed by atoms with Crippen LogP contribution in [0.1, 0.15) is 6.42 Å². The first-order valence-corrected chi connectivity index (χ1v) is 3.17. The van der Waals surface area contributed by atoms with Crippen molar-refractivity contribution >= 4 is 24.7 Å². The first-order valence-electron chi connectivity index (χ1n) is 3.17. The third-order valence-corrected chi connectivity index (χ3v) is 1.40. The van der Waals surface area contributed by atoms with Crippen LogP contribution in [-0.4, -0.2) is 32.0 Å². The maximum absolute atomic E-state index is 10.8. The fourth-order valence-corrected chi connectivity index (χ4v) is 0.822. The molecule has 0 bridgehead atoms. The van der Waals surface area contributed by atoms with E-state index in [1.807, 2.05) is 0 Å². The van der Waals surface area contributed by atoms with Crippen LogP contribution in [0.3, 0.4) is 0 Å². The van der Waals surface area contributed by atoms with Crippen LogP contribution >= 0.6 is 12.4 Å². The van der Waals surface area contributed by atoms with E-state index >= 15 is 0 Å². The zero-order chi connectivity index (χ0) is 7.40. The zero-order valence-corrected chi connectivity index (χ0v) is 7.06. The third kappa shape index (κ3) is 2.76. The van der Waals surface area contributed by atoms with Crippen LogP contribution in [0.4, 0.5) is 0 Å². The van der Waals surface area contributed by atoms with E-state index in [1.54, 1.807) is 6.34 Å². The van der Waals surface area contributed by atoms with Gasteiger partial charge in [-0.05, 0) is 6.42 Å². The van der Waals surface area contributed by atoms with Gasteiger partial charge in [0, 0.05) is 6.54 Å². The number of carbonyl (C=O) groups is 1. The SMILES string of the molecule is COC(=O)C1CCN=CN1.Cl. The van der Waals surface area contributed by atoms with Gasteiger partial charge in [0.2, 0.25) is 0 Å². The number of ether oxygens (including phenoxy) is 1. The van der Waals surface area contributed by atoms with Crippen LogP contribution in [0, 0.1) is 0 Å². The number of nitrogens with one attached hydrogen (secondary N) is 1. The van der Waals surface area contributed by atoms with Gasteiger partial charge in [-0.3, -0.25) is 4.99 Å². The molecule has 0 radical (unpaired) electrons. The molecule has 0 spiro atoms. The molecule has 64 valence electrons. The van der Waals surface area contributed by atoms with Gasteiger partial charge in [-0.2, -0.15) is 0 Å². The van der Waals surface area contributed by atoms with Gasteiger partial charge in [-0.15, -0.1) is 12.4 Å². The normalized spacial score (nSPS) is 21.4. The van der Waals surface area contributed by atoms with Crippen molar-refractivity contribution in [3.8, 4) is 0 Å². The van der Waals surface area contributed by atoms with Crippen molar-refractivity contribution in [1.82, 2.24) is 5.32 Å². The van der Waals surface area contributed by atoms with Crippen molar-refractivity contribution in [3.05, 3.63) is 0 Å². The van der Waals surface area contributed by atoms with Crippen molar-refractivity contribution in [2.75, 3.05) is 13.7 Å². The van der Waals surface area contributed by atoms with Crippen LogP contribution in [0.25, 0.3) is 0 Å². The molecule has 0 fully saturated rings. The molecule has 1 atom stereocenters. The van der Waals surface area contributed by atoms with Gasteiger partial charge in [0.25, 0.3) is 0 Å². The molecular formula is C6H11ClN2O2. The van der Waals surface area contributed by atoms with Gasteiger partial charge >= 0.3 is 5.97 Å². The molecule has 1 unspecified atom stereocenters. The molecule has 4 nitrogen and oxygen atoms in total. The molecule has 0 amide bonds. The number of esters is 1. The second-order valence-corrected chi connectivity index (χ2v) is 2.07. The molecule has 1 aliphatic heterocycles. The van der Waals surface area contributed by atoms with E-state index in [0.717, 1.165) is 6.42 Å². The summed E-state index contributed by atoms with van der Waals surface area (Å²) in [7, 11) is 1.38. The number of hydrogen-bond donors (Lipinski definition) is 1. The van der Waals surface area contributed by atoms with Gasteiger partial charge < -0.3 is 10.1 Å². The van der Waals surface area contributed by atoms with E-state index in [4.69, 9.17) is 0 Å². The molecule has 1 rings (SSSR count). The number of rotatable bonds is 1. The summed E-state index contributed by atoms with van der Waals surface area (Å²) in [6.07, 6.45) is 2.27. The molecule has 0 saturated carbocycles. The van der Waals surface area contributed by atoms with Gasteiger partial charge in [0.05, 0.1) is 13.4 Å². The van der Waals surface area contributed by atoms with Crippen molar-refractivity contribution < 1.29 is 9.53 Å². The minimum Gasteiger partial charge on any atom is -0.467 e. The number of halogens is 1. The summed E-state index contributed by atoms with van der Waals surface area (Å²) < 4.78 is 4.53. The Morgan fingerprint density at radius 1 is 1.82 bits per heavy atom. The summed E-state index contributed by atoms with van der Waals surface area (Å²) in [6, 6.07) is -0.192. The minimum atomic E-state index is -0.217. The molecule has 11 heavy (non-hydrogen) atoms. The molecule has 1 aliphatic rings. The molecule has 0 aromatic rings. The minimum absolute atomic E-state index is 0. The number of aliphatic imine (C=N–C) groups is 1. The zero-order valence-electron chi connectivity index (χ0n) is 6.24. The third-order valence-electron chi connectivity index (χ3n) is 1.40. The maximum atomic E-state index is 10.8. The standard InChI is InChI=1S/C6H10N2O2.ClH/c1-10-6(9)5-2-3-7-4-8-5;/h4-5H,2-3H2,1H3,(H,7,8);1H. The molecule has 1 N–H and O–H groups in total. The Balaban J connectivity index is 0.000001000. The molecule has 1 heterocycles. The van der Waals surface area contributed by atoms with Crippen LogP contribution in [-0.2, 0) is 9.53 Å². The summed E-state index contributed by atoms with van der Waals surface area (Å²) in [5, 5.41) is 2.80. The number of carbonyl (C=O) groups excluding carboxylic acids is 1. The average molecular weight is 179 g/mol. The second-order valence-electron chi connectivity index (χ2n) is 2.07. The second kappa shape index (κ2) is 4.96. The van der Waals surface area contributed by atoms with E-state index in [-0.39, 0.29) is 24.4 Å². The van der Waals surface area contributed by atoms with E-state index in [0.29, 0.717) is 6.54 Å². The first kappa shape index (κ1) is 10.2. The van der Waals surface area contributed by atoms with Crippen LogP contribution in [0.15, 0.2) is 4.99 Å². The number of nitrogens with zero attached hydrogens (tertiary/aromatic N) is 1. The Kier molecular flexibility index (Phi) is 4.61. The molecule has 5 heteroatoms. The Bertz CT molecular complexity index is 161.